The maximum atomic E-state index is 11.8. The number of carbonyl (C=O) groups excluding carboxylic acids is 2. The number of anilines is 1. The molecule has 22 heavy (non-hydrogen) atoms. The second-order valence-electron chi connectivity index (χ2n) is 5.04. The third kappa shape index (κ3) is 4.63. The van der Waals surface area contributed by atoms with Gasteiger partial charge < -0.3 is 14.6 Å². The number of nitrogens with one attached hydrogen (secondary N) is 1. The number of nitrogens with zero attached hydrogens (tertiary/aromatic N) is 1. The van der Waals surface area contributed by atoms with E-state index in [1.807, 2.05) is 12.1 Å². The Kier molecular flexibility index (Phi) is 5.14. The Morgan fingerprint density at radius 1 is 1.18 bits per heavy atom. The van der Waals surface area contributed by atoms with Gasteiger partial charge in [-0.15, -0.1) is 0 Å². The van der Waals surface area contributed by atoms with Crippen LogP contribution in [0.1, 0.15) is 11.1 Å². The molecule has 0 unspecified atom stereocenters. The van der Waals surface area contributed by atoms with Crippen molar-refractivity contribution in [2.24, 2.45) is 0 Å². The van der Waals surface area contributed by atoms with Gasteiger partial charge in [-0.05, 0) is 29.8 Å². The van der Waals surface area contributed by atoms with E-state index >= 15 is 0 Å². The van der Waals surface area contributed by atoms with Gasteiger partial charge in [-0.2, -0.15) is 0 Å². The Bertz CT molecular complexity index is 656. The Hall–Kier alpha value is -2.82. The van der Waals surface area contributed by atoms with Gasteiger partial charge in [0.2, 0.25) is 11.8 Å². The van der Waals surface area contributed by atoms with Crippen LogP contribution in [0, 0.1) is 0 Å². The molecule has 2 aromatic rings. The van der Waals surface area contributed by atoms with Crippen LogP contribution in [0.5, 0.6) is 0 Å². The van der Waals surface area contributed by atoms with Gasteiger partial charge in [0.1, 0.15) is 0 Å². The summed E-state index contributed by atoms with van der Waals surface area (Å²) in [5.74, 6) is -0.182. The third-order valence-corrected chi connectivity index (χ3v) is 3.05. The normalized spacial score (nSPS) is 10.6. The van der Waals surface area contributed by atoms with Crippen molar-refractivity contribution in [1.82, 2.24) is 4.90 Å². The zero-order chi connectivity index (χ0) is 15.9. The number of hydrogen-bond donors (Lipinski definition) is 1. The molecule has 1 N–H and O–H groups in total. The van der Waals surface area contributed by atoms with Gasteiger partial charge in [-0.25, -0.2) is 0 Å². The van der Waals surface area contributed by atoms with Crippen molar-refractivity contribution in [2.45, 2.75) is 6.42 Å². The van der Waals surface area contributed by atoms with E-state index in [0.29, 0.717) is 12.1 Å². The molecule has 0 saturated heterocycles. The monoisotopic (exact) mass is 298 g/mol. The summed E-state index contributed by atoms with van der Waals surface area (Å²) in [6.07, 6.45) is 6.56. The van der Waals surface area contributed by atoms with Crippen LogP contribution >= 0.6 is 0 Å². The molecule has 1 aromatic heterocycles. The average molecular weight is 298 g/mol. The van der Waals surface area contributed by atoms with Crippen LogP contribution in [0.15, 0.2) is 53.4 Å². The number of likely N-dealkylation sites (N-methyl/N-ethyl adjacent to an activating group) is 1. The number of carbonyl (C=O) groups is 2. The molecule has 0 bridgehead atoms. The number of amides is 2. The molecule has 2 rings (SSSR count). The number of rotatable bonds is 5. The summed E-state index contributed by atoms with van der Waals surface area (Å²) in [7, 11) is 3.45. The number of furan rings is 1. The lowest BCUT2D eigenvalue weighted by Crippen LogP contribution is -2.23. The van der Waals surface area contributed by atoms with Gasteiger partial charge in [0.05, 0.1) is 18.9 Å². The summed E-state index contributed by atoms with van der Waals surface area (Å²) in [6, 6.07) is 8.98. The van der Waals surface area contributed by atoms with Crippen LogP contribution in [0.3, 0.4) is 0 Å². The summed E-state index contributed by atoms with van der Waals surface area (Å²) in [5.41, 5.74) is 2.42. The van der Waals surface area contributed by atoms with Crippen LogP contribution in [0.25, 0.3) is 6.08 Å². The number of benzene rings is 1. The Labute approximate surface area is 129 Å². The molecule has 2 amide bonds. The molecule has 0 fully saturated rings. The molecule has 114 valence electrons. The summed E-state index contributed by atoms with van der Waals surface area (Å²) >= 11 is 0. The van der Waals surface area contributed by atoms with Crippen LogP contribution in [0.4, 0.5) is 5.69 Å². The molecule has 0 aliphatic carbocycles. The smallest absolute Gasteiger partial charge is 0.248 e. The van der Waals surface area contributed by atoms with E-state index in [4.69, 9.17) is 4.42 Å². The minimum absolute atomic E-state index is 0.0415. The van der Waals surface area contributed by atoms with Crippen molar-refractivity contribution in [3.8, 4) is 0 Å². The van der Waals surface area contributed by atoms with Crippen LogP contribution < -0.4 is 5.32 Å². The van der Waals surface area contributed by atoms with Crippen LogP contribution in [0.2, 0.25) is 0 Å². The van der Waals surface area contributed by atoms with E-state index in [1.54, 1.807) is 55.8 Å². The standard InChI is InChI=1S/C17H18N2O3/c1-19(2)17(21)11-13-3-6-15(7-4-13)18-16(20)8-5-14-9-10-22-12-14/h3-10,12H,11H2,1-2H3,(H,18,20)/b8-5+. The molecule has 5 heteroatoms. The molecule has 0 aliphatic heterocycles. The molecule has 0 atom stereocenters. The van der Waals surface area contributed by atoms with E-state index in [2.05, 4.69) is 5.32 Å². The average Bonchev–Trinajstić information content (AvgIpc) is 3.00. The SMILES string of the molecule is CN(C)C(=O)Cc1ccc(NC(=O)/C=C/c2ccoc2)cc1. The quantitative estimate of drug-likeness (QED) is 0.863. The Morgan fingerprint density at radius 3 is 2.50 bits per heavy atom. The van der Waals surface area contributed by atoms with Gasteiger partial charge in [-0.3, -0.25) is 9.59 Å². The highest BCUT2D eigenvalue weighted by atomic mass is 16.3. The fourth-order valence-corrected chi connectivity index (χ4v) is 1.76. The molecule has 0 spiro atoms. The van der Waals surface area contributed by atoms with E-state index in [9.17, 15) is 9.59 Å². The largest absolute Gasteiger partial charge is 0.472 e. The highest BCUT2D eigenvalue weighted by Gasteiger charge is 2.05. The first-order valence-corrected chi connectivity index (χ1v) is 6.85. The van der Waals surface area contributed by atoms with Gasteiger partial charge >= 0.3 is 0 Å². The highest BCUT2D eigenvalue weighted by molar-refractivity contribution is 6.01. The van der Waals surface area contributed by atoms with Crippen molar-refractivity contribution >= 4 is 23.6 Å². The van der Waals surface area contributed by atoms with Crippen molar-refractivity contribution < 1.29 is 14.0 Å². The molecular formula is C17H18N2O3. The summed E-state index contributed by atoms with van der Waals surface area (Å²) in [5, 5.41) is 2.76. The predicted octanol–water partition coefficient (Wildman–Crippen LogP) is 2.56. The van der Waals surface area contributed by atoms with E-state index in [0.717, 1.165) is 11.1 Å². The lowest BCUT2D eigenvalue weighted by Gasteiger charge is -2.10. The fourth-order valence-electron chi connectivity index (χ4n) is 1.76. The fraction of sp³-hybridized carbons (Fsp3) is 0.176. The van der Waals surface area contributed by atoms with E-state index in [1.165, 1.54) is 6.08 Å². The zero-order valence-corrected chi connectivity index (χ0v) is 12.6. The molecule has 0 aliphatic rings. The van der Waals surface area contributed by atoms with E-state index < -0.39 is 0 Å². The Balaban J connectivity index is 1.90. The molecule has 0 radical (unpaired) electrons. The maximum absolute atomic E-state index is 11.8. The topological polar surface area (TPSA) is 62.6 Å². The summed E-state index contributed by atoms with van der Waals surface area (Å²) in [4.78, 5) is 24.9. The molecule has 1 aromatic carbocycles. The van der Waals surface area contributed by atoms with Gasteiger partial charge in [0, 0.05) is 31.4 Å². The second kappa shape index (κ2) is 7.26. The lowest BCUT2D eigenvalue weighted by atomic mass is 10.1. The Morgan fingerprint density at radius 2 is 1.91 bits per heavy atom. The van der Waals surface area contributed by atoms with Crippen LogP contribution in [-0.2, 0) is 16.0 Å². The van der Waals surface area contributed by atoms with Crippen LogP contribution in [-0.4, -0.2) is 30.8 Å². The van der Waals surface area contributed by atoms with E-state index in [-0.39, 0.29) is 11.8 Å². The minimum Gasteiger partial charge on any atom is -0.472 e. The first-order valence-electron chi connectivity index (χ1n) is 6.85. The lowest BCUT2D eigenvalue weighted by molar-refractivity contribution is -0.128. The first kappa shape index (κ1) is 15.6. The summed E-state index contributed by atoms with van der Waals surface area (Å²) < 4.78 is 4.91. The maximum Gasteiger partial charge on any atom is 0.248 e. The molecule has 1 heterocycles. The van der Waals surface area contributed by atoms with Gasteiger partial charge in [0.15, 0.2) is 0 Å². The van der Waals surface area contributed by atoms with Gasteiger partial charge in [-0.1, -0.05) is 12.1 Å². The highest BCUT2D eigenvalue weighted by Crippen LogP contribution is 2.11. The number of hydrogen-bond acceptors (Lipinski definition) is 3. The third-order valence-electron chi connectivity index (χ3n) is 3.05. The molecule has 0 saturated carbocycles. The molecule has 5 nitrogen and oxygen atoms in total. The minimum atomic E-state index is -0.224. The second-order valence-corrected chi connectivity index (χ2v) is 5.04. The van der Waals surface area contributed by atoms with Crippen molar-refractivity contribution in [3.05, 3.63) is 60.1 Å². The van der Waals surface area contributed by atoms with Crippen molar-refractivity contribution in [1.29, 1.82) is 0 Å². The first-order chi connectivity index (χ1) is 10.5. The van der Waals surface area contributed by atoms with Crippen molar-refractivity contribution in [2.75, 3.05) is 19.4 Å². The zero-order valence-electron chi connectivity index (χ0n) is 12.6. The summed E-state index contributed by atoms with van der Waals surface area (Å²) in [6.45, 7) is 0. The molecular weight excluding hydrogens is 280 g/mol. The van der Waals surface area contributed by atoms with Gasteiger partial charge in [0.25, 0.3) is 0 Å². The van der Waals surface area contributed by atoms with Crippen molar-refractivity contribution in [3.63, 3.8) is 0 Å². The predicted molar refractivity (Wildman–Crippen MR) is 85.2 cm³/mol.